The van der Waals surface area contributed by atoms with Crippen LogP contribution >= 0.6 is 0 Å². The van der Waals surface area contributed by atoms with E-state index in [1.165, 1.54) is 0 Å². The smallest absolute Gasteiger partial charge is 0.138 e. The lowest BCUT2D eigenvalue weighted by atomic mass is 10.0. The van der Waals surface area contributed by atoms with Gasteiger partial charge in [0, 0.05) is 13.0 Å². The van der Waals surface area contributed by atoms with E-state index in [1.54, 1.807) is 6.33 Å². The lowest BCUT2D eigenvalue weighted by molar-refractivity contribution is 0.494. The summed E-state index contributed by atoms with van der Waals surface area (Å²) in [6.45, 7) is 6.98. The number of nitrogens with one attached hydrogen (secondary N) is 1. The highest BCUT2D eigenvalue weighted by atomic mass is 15.3. The number of nitrogens with zero attached hydrogens (tertiary/aromatic N) is 5. The molecule has 21 heavy (non-hydrogen) atoms. The molecule has 0 fully saturated rings. The molecule has 0 saturated heterocycles. The van der Waals surface area contributed by atoms with Crippen molar-refractivity contribution in [2.75, 3.05) is 0 Å². The molecule has 2 aromatic heterocycles. The second kappa shape index (κ2) is 7.24. The van der Waals surface area contributed by atoms with E-state index in [2.05, 4.69) is 39.6 Å². The van der Waals surface area contributed by atoms with Gasteiger partial charge in [-0.2, -0.15) is 15.3 Å². The van der Waals surface area contributed by atoms with E-state index in [1.807, 2.05) is 17.7 Å². The Balaban J connectivity index is 2.27. The summed E-state index contributed by atoms with van der Waals surface area (Å²) in [5.41, 5.74) is 5.81. The van der Waals surface area contributed by atoms with Gasteiger partial charge in [-0.15, -0.1) is 0 Å². The molecular weight excluding hydrogens is 266 g/mol. The van der Waals surface area contributed by atoms with E-state index >= 15 is 0 Å². The van der Waals surface area contributed by atoms with Crippen LogP contribution in [0.25, 0.3) is 0 Å². The summed E-state index contributed by atoms with van der Waals surface area (Å²) < 4.78 is 1.93. The number of aryl methyl sites for hydroxylation is 3. The van der Waals surface area contributed by atoms with Crippen LogP contribution in [-0.2, 0) is 19.4 Å². The van der Waals surface area contributed by atoms with Gasteiger partial charge in [-0.3, -0.25) is 16.0 Å². The first-order valence-electron chi connectivity index (χ1n) is 7.35. The van der Waals surface area contributed by atoms with Gasteiger partial charge in [0.15, 0.2) is 0 Å². The SMILES string of the molecule is CCCn1ncnc1CC(NN)c1cc(C)nnc1CC. The van der Waals surface area contributed by atoms with Crippen molar-refractivity contribution < 1.29 is 0 Å². The minimum absolute atomic E-state index is 0.0473. The number of hydrazine groups is 1. The Morgan fingerprint density at radius 2 is 2.14 bits per heavy atom. The van der Waals surface area contributed by atoms with Crippen LogP contribution in [-0.4, -0.2) is 25.0 Å². The second-order valence-electron chi connectivity index (χ2n) is 5.06. The predicted octanol–water partition coefficient (Wildman–Crippen LogP) is 1.10. The van der Waals surface area contributed by atoms with E-state index < -0.39 is 0 Å². The third-order valence-corrected chi connectivity index (χ3v) is 3.46. The van der Waals surface area contributed by atoms with Gasteiger partial charge in [-0.05, 0) is 31.4 Å². The Hall–Kier alpha value is -1.86. The highest BCUT2D eigenvalue weighted by Gasteiger charge is 2.18. The van der Waals surface area contributed by atoms with Crippen molar-refractivity contribution in [2.45, 2.75) is 52.6 Å². The normalized spacial score (nSPS) is 12.6. The van der Waals surface area contributed by atoms with Crippen LogP contribution in [0.4, 0.5) is 0 Å². The molecule has 3 N–H and O–H groups in total. The monoisotopic (exact) mass is 289 g/mol. The van der Waals surface area contributed by atoms with Crippen molar-refractivity contribution >= 4 is 0 Å². The number of aromatic nitrogens is 5. The summed E-state index contributed by atoms with van der Waals surface area (Å²) in [6.07, 6.45) is 4.11. The zero-order chi connectivity index (χ0) is 15.2. The molecule has 0 aliphatic heterocycles. The van der Waals surface area contributed by atoms with Crippen molar-refractivity contribution in [3.8, 4) is 0 Å². The Kier molecular flexibility index (Phi) is 5.35. The second-order valence-corrected chi connectivity index (χ2v) is 5.06. The minimum Gasteiger partial charge on any atom is -0.271 e. The maximum Gasteiger partial charge on any atom is 0.138 e. The van der Waals surface area contributed by atoms with Gasteiger partial charge in [-0.1, -0.05) is 13.8 Å². The molecule has 2 heterocycles. The summed E-state index contributed by atoms with van der Waals surface area (Å²) >= 11 is 0. The lowest BCUT2D eigenvalue weighted by Crippen LogP contribution is -2.31. The Morgan fingerprint density at radius 3 is 2.81 bits per heavy atom. The molecule has 2 rings (SSSR count). The van der Waals surface area contributed by atoms with Crippen molar-refractivity contribution in [2.24, 2.45) is 5.84 Å². The highest BCUT2D eigenvalue weighted by molar-refractivity contribution is 5.25. The molecule has 0 saturated carbocycles. The molecule has 0 amide bonds. The third-order valence-electron chi connectivity index (χ3n) is 3.46. The fraction of sp³-hybridized carbons (Fsp3) is 0.571. The molecule has 2 aromatic rings. The van der Waals surface area contributed by atoms with E-state index in [0.29, 0.717) is 6.42 Å². The lowest BCUT2D eigenvalue weighted by Gasteiger charge is -2.18. The van der Waals surface area contributed by atoms with Crippen molar-refractivity contribution in [1.29, 1.82) is 0 Å². The van der Waals surface area contributed by atoms with Gasteiger partial charge in [0.05, 0.1) is 17.4 Å². The summed E-state index contributed by atoms with van der Waals surface area (Å²) in [5.74, 6) is 6.69. The predicted molar refractivity (Wildman–Crippen MR) is 80.2 cm³/mol. The maximum atomic E-state index is 5.76. The fourth-order valence-electron chi connectivity index (χ4n) is 2.40. The van der Waals surface area contributed by atoms with Crippen molar-refractivity contribution in [1.82, 2.24) is 30.4 Å². The topological polar surface area (TPSA) is 94.5 Å². The van der Waals surface area contributed by atoms with Crippen LogP contribution in [0.3, 0.4) is 0 Å². The Bertz CT molecular complexity index is 578. The average molecular weight is 289 g/mol. The first kappa shape index (κ1) is 15.5. The minimum atomic E-state index is -0.0473. The van der Waals surface area contributed by atoms with Crippen molar-refractivity contribution in [3.63, 3.8) is 0 Å². The molecule has 7 heteroatoms. The molecule has 0 aliphatic carbocycles. The molecule has 1 unspecified atom stereocenters. The van der Waals surface area contributed by atoms with Gasteiger partial charge in [0.2, 0.25) is 0 Å². The van der Waals surface area contributed by atoms with E-state index in [-0.39, 0.29) is 6.04 Å². The van der Waals surface area contributed by atoms with Gasteiger partial charge in [-0.25, -0.2) is 4.98 Å². The van der Waals surface area contributed by atoms with Crippen LogP contribution in [0.5, 0.6) is 0 Å². The van der Waals surface area contributed by atoms with Gasteiger partial charge >= 0.3 is 0 Å². The van der Waals surface area contributed by atoms with Crippen LogP contribution in [0.1, 0.15) is 49.1 Å². The standard InChI is InChI=1S/C14H23N7/c1-4-6-21-14(16-9-17-21)8-13(18-15)11-7-10(3)19-20-12(11)5-2/h7,9,13,18H,4-6,8,15H2,1-3H3. The summed E-state index contributed by atoms with van der Waals surface area (Å²) in [4.78, 5) is 4.35. The maximum absolute atomic E-state index is 5.76. The summed E-state index contributed by atoms with van der Waals surface area (Å²) in [5, 5.41) is 12.6. The molecule has 0 radical (unpaired) electrons. The third kappa shape index (κ3) is 3.62. The van der Waals surface area contributed by atoms with Crippen LogP contribution < -0.4 is 11.3 Å². The molecular formula is C14H23N7. The number of nitrogens with two attached hydrogens (primary N) is 1. The van der Waals surface area contributed by atoms with E-state index in [9.17, 15) is 0 Å². The number of hydrogen-bond donors (Lipinski definition) is 2. The summed E-state index contributed by atoms with van der Waals surface area (Å²) in [6, 6.07) is 1.99. The number of hydrogen-bond acceptors (Lipinski definition) is 6. The zero-order valence-corrected chi connectivity index (χ0v) is 12.9. The first-order valence-corrected chi connectivity index (χ1v) is 7.35. The van der Waals surface area contributed by atoms with Crippen molar-refractivity contribution in [3.05, 3.63) is 35.2 Å². The summed E-state index contributed by atoms with van der Waals surface area (Å²) in [7, 11) is 0. The first-order chi connectivity index (χ1) is 10.2. The molecule has 1 atom stereocenters. The van der Waals surface area contributed by atoms with E-state index in [4.69, 9.17) is 5.84 Å². The molecule has 0 aromatic carbocycles. The molecule has 114 valence electrons. The largest absolute Gasteiger partial charge is 0.271 e. The Labute approximate surface area is 125 Å². The Morgan fingerprint density at radius 1 is 1.33 bits per heavy atom. The molecule has 0 bridgehead atoms. The van der Waals surface area contributed by atoms with Gasteiger partial charge in [0.1, 0.15) is 12.2 Å². The van der Waals surface area contributed by atoms with Crippen LogP contribution in [0, 0.1) is 6.92 Å². The molecule has 0 aliphatic rings. The molecule has 0 spiro atoms. The van der Waals surface area contributed by atoms with Crippen LogP contribution in [0.2, 0.25) is 0 Å². The fourth-order valence-corrected chi connectivity index (χ4v) is 2.40. The average Bonchev–Trinajstić information content (AvgIpc) is 2.92. The van der Waals surface area contributed by atoms with Gasteiger partial charge in [0.25, 0.3) is 0 Å². The van der Waals surface area contributed by atoms with Gasteiger partial charge < -0.3 is 0 Å². The van der Waals surface area contributed by atoms with E-state index in [0.717, 1.165) is 42.2 Å². The molecule has 7 nitrogen and oxygen atoms in total. The highest BCUT2D eigenvalue weighted by Crippen LogP contribution is 2.20. The van der Waals surface area contributed by atoms with Crippen LogP contribution in [0.15, 0.2) is 12.4 Å². The number of rotatable bonds is 7. The zero-order valence-electron chi connectivity index (χ0n) is 12.9. The quantitative estimate of drug-likeness (QED) is 0.585.